The van der Waals surface area contributed by atoms with Gasteiger partial charge in [0, 0.05) is 25.2 Å². The average Bonchev–Trinajstić information content (AvgIpc) is 3.50. The van der Waals surface area contributed by atoms with Crippen molar-refractivity contribution in [3.63, 3.8) is 0 Å². The minimum absolute atomic E-state index is 0.207. The number of amides is 3. The van der Waals surface area contributed by atoms with E-state index in [0.717, 1.165) is 0 Å². The summed E-state index contributed by atoms with van der Waals surface area (Å²) >= 11 is 0. The molecule has 3 aromatic rings. The largest absolute Gasteiger partial charge is 0.494 e. The number of hydrogen-bond acceptors (Lipinski definition) is 8. The first-order valence-electron chi connectivity index (χ1n) is 13.5. The number of aromatic nitrogens is 4. The molecule has 0 atom stereocenters. The van der Waals surface area contributed by atoms with Crippen molar-refractivity contribution in [2.45, 2.75) is 65.1 Å². The summed E-state index contributed by atoms with van der Waals surface area (Å²) in [5.41, 5.74) is 7.72. The minimum atomic E-state index is -0.816. The van der Waals surface area contributed by atoms with Gasteiger partial charge in [0.15, 0.2) is 0 Å². The molecular weight excluding hydrogens is 534 g/mol. The van der Waals surface area contributed by atoms with E-state index in [4.69, 9.17) is 20.3 Å². The van der Waals surface area contributed by atoms with E-state index in [-0.39, 0.29) is 30.1 Å². The molecule has 1 aliphatic carbocycles. The maximum Gasteiger partial charge on any atom is 0.407 e. The molecule has 0 unspecified atom stereocenters. The van der Waals surface area contributed by atoms with Crippen molar-refractivity contribution in [2.75, 3.05) is 19.0 Å². The van der Waals surface area contributed by atoms with Gasteiger partial charge in [0.1, 0.15) is 23.1 Å². The number of nitrogens with two attached hydrogens (primary N) is 1. The summed E-state index contributed by atoms with van der Waals surface area (Å²) in [4.78, 5) is 53.1. The Morgan fingerprint density at radius 1 is 1.15 bits per heavy atom. The number of ether oxygens (including phenoxy) is 2. The average molecular weight is 570 g/mol. The van der Waals surface area contributed by atoms with Crippen LogP contribution in [-0.4, -0.2) is 68.1 Å². The molecule has 41 heavy (non-hydrogen) atoms. The summed E-state index contributed by atoms with van der Waals surface area (Å²) in [6.45, 7) is 4.78. The zero-order chi connectivity index (χ0) is 29.7. The van der Waals surface area contributed by atoms with E-state index in [1.54, 1.807) is 22.2 Å². The molecule has 2 aromatic heterocycles. The smallest absolute Gasteiger partial charge is 0.407 e. The van der Waals surface area contributed by atoms with Crippen molar-refractivity contribution >= 4 is 40.9 Å². The third-order valence-electron chi connectivity index (χ3n) is 7.10. The lowest BCUT2D eigenvalue weighted by atomic mass is 9.87. The highest BCUT2D eigenvalue weighted by molar-refractivity contribution is 6.04. The van der Waals surface area contributed by atoms with Gasteiger partial charge < -0.3 is 30.2 Å². The van der Waals surface area contributed by atoms with E-state index in [2.05, 4.69) is 20.7 Å². The summed E-state index contributed by atoms with van der Waals surface area (Å²) in [7, 11) is 1.46. The first kappa shape index (κ1) is 29.4. The lowest BCUT2D eigenvalue weighted by Crippen LogP contribution is -2.33. The summed E-state index contributed by atoms with van der Waals surface area (Å²) in [6, 6.07) is 4.72. The summed E-state index contributed by atoms with van der Waals surface area (Å²) in [6.07, 6.45) is 1.55. The van der Waals surface area contributed by atoms with Crippen molar-refractivity contribution in [2.24, 2.45) is 11.7 Å². The maximum atomic E-state index is 13.2. The van der Waals surface area contributed by atoms with Gasteiger partial charge >= 0.3 is 12.1 Å². The van der Waals surface area contributed by atoms with Gasteiger partial charge in [-0.2, -0.15) is 5.10 Å². The molecule has 0 spiro atoms. The Labute approximate surface area is 236 Å². The first-order valence-corrected chi connectivity index (χ1v) is 13.5. The highest BCUT2D eigenvalue weighted by atomic mass is 16.6. The quantitative estimate of drug-likeness (QED) is 0.251. The predicted molar refractivity (Wildman–Crippen MR) is 148 cm³/mol. The molecule has 0 bridgehead atoms. The number of imidazole rings is 1. The Morgan fingerprint density at radius 2 is 1.88 bits per heavy atom. The van der Waals surface area contributed by atoms with Crippen molar-refractivity contribution in [1.82, 2.24) is 24.6 Å². The molecule has 1 aromatic carbocycles. The van der Waals surface area contributed by atoms with Crippen LogP contribution in [0.4, 0.5) is 10.7 Å². The molecule has 3 amide bonds. The Morgan fingerprint density at radius 3 is 2.51 bits per heavy atom. The fourth-order valence-corrected chi connectivity index (χ4v) is 5.02. The number of nitrogens with zero attached hydrogens (tertiary/aromatic N) is 4. The number of rotatable bonds is 11. The van der Waals surface area contributed by atoms with E-state index in [9.17, 15) is 19.2 Å². The summed E-state index contributed by atoms with van der Waals surface area (Å²) in [5.74, 6) is -1.68. The first-order chi connectivity index (χ1) is 19.6. The minimum Gasteiger partial charge on any atom is -0.494 e. The third kappa shape index (κ3) is 6.76. The Kier molecular flexibility index (Phi) is 9.10. The number of anilines is 1. The topological polar surface area (TPSA) is 193 Å². The Bertz CT molecular complexity index is 1450. The summed E-state index contributed by atoms with van der Waals surface area (Å²) in [5, 5.41) is 19.0. The van der Waals surface area contributed by atoms with Gasteiger partial charge in [0.25, 0.3) is 5.91 Å². The van der Waals surface area contributed by atoms with E-state index in [1.165, 1.54) is 19.2 Å². The van der Waals surface area contributed by atoms with Gasteiger partial charge in [-0.1, -0.05) is 0 Å². The molecule has 4 rings (SSSR count). The number of carboxylic acids is 1. The molecule has 220 valence electrons. The second kappa shape index (κ2) is 12.7. The standard InChI is InChI=1S/C27H35N7O7/c1-4-34-20(12-15(2)32-34)24(36)31-26-30-19-13-17(23(28)35)14-21(40-3)22(19)33(26)11-5-10-29-27(39)41-18-8-6-16(7-9-18)25(37)38/h12-14,16,18H,4-11H2,1-3H3,(H2,28,35)(H,29,39)(H,37,38)(H,30,31,36). The number of aliphatic carboxylic acids is 1. The number of methoxy groups -OCH3 is 1. The molecule has 5 N–H and O–H groups in total. The number of benzene rings is 1. The normalized spacial score (nSPS) is 16.8. The van der Waals surface area contributed by atoms with Crippen molar-refractivity contribution in [3.8, 4) is 5.75 Å². The highest BCUT2D eigenvalue weighted by Crippen LogP contribution is 2.31. The molecule has 14 heteroatoms. The number of carboxylic acid groups (broad SMARTS) is 1. The molecule has 2 heterocycles. The van der Waals surface area contributed by atoms with Crippen LogP contribution in [0.15, 0.2) is 18.2 Å². The number of carbonyl (C=O) groups excluding carboxylic acids is 3. The highest BCUT2D eigenvalue weighted by Gasteiger charge is 2.28. The van der Waals surface area contributed by atoms with Crippen LogP contribution >= 0.6 is 0 Å². The number of carbonyl (C=O) groups is 4. The number of primary amides is 1. The molecule has 1 fully saturated rings. The van der Waals surface area contributed by atoms with E-state index in [0.29, 0.717) is 73.4 Å². The van der Waals surface area contributed by atoms with Gasteiger partial charge in [0.2, 0.25) is 11.9 Å². The Balaban J connectivity index is 1.48. The van der Waals surface area contributed by atoms with Gasteiger partial charge in [-0.25, -0.2) is 9.78 Å². The zero-order valence-corrected chi connectivity index (χ0v) is 23.3. The number of aryl methyl sites for hydroxylation is 3. The predicted octanol–water partition coefficient (Wildman–Crippen LogP) is 2.68. The molecule has 0 radical (unpaired) electrons. The van der Waals surface area contributed by atoms with E-state index in [1.807, 2.05) is 6.92 Å². The lowest BCUT2D eigenvalue weighted by molar-refractivity contribution is -0.143. The molecular formula is C27H35N7O7. The third-order valence-corrected chi connectivity index (χ3v) is 7.10. The molecule has 0 aliphatic heterocycles. The van der Waals surface area contributed by atoms with Crippen molar-refractivity contribution < 1.29 is 33.8 Å². The fourth-order valence-electron chi connectivity index (χ4n) is 5.02. The van der Waals surface area contributed by atoms with Crippen LogP contribution in [-0.2, 0) is 22.6 Å². The van der Waals surface area contributed by atoms with Crippen LogP contribution in [0, 0.1) is 12.8 Å². The molecule has 1 aliphatic rings. The number of alkyl carbamates (subject to hydrolysis) is 1. The van der Waals surface area contributed by atoms with Crippen LogP contribution in [0.1, 0.15) is 65.6 Å². The van der Waals surface area contributed by atoms with Crippen LogP contribution in [0.25, 0.3) is 11.0 Å². The van der Waals surface area contributed by atoms with Gasteiger partial charge in [-0.15, -0.1) is 0 Å². The number of nitrogens with one attached hydrogen (secondary N) is 2. The number of fused-ring (bicyclic) bond motifs is 1. The number of hydrogen-bond donors (Lipinski definition) is 4. The van der Waals surface area contributed by atoms with E-state index < -0.39 is 23.9 Å². The van der Waals surface area contributed by atoms with Gasteiger partial charge in [-0.05, 0) is 64.2 Å². The second-order valence-corrected chi connectivity index (χ2v) is 9.94. The lowest BCUT2D eigenvalue weighted by Gasteiger charge is -2.25. The second-order valence-electron chi connectivity index (χ2n) is 9.94. The monoisotopic (exact) mass is 569 g/mol. The van der Waals surface area contributed by atoms with Crippen molar-refractivity contribution in [1.29, 1.82) is 0 Å². The molecule has 14 nitrogen and oxygen atoms in total. The van der Waals surface area contributed by atoms with Crippen LogP contribution in [0.3, 0.4) is 0 Å². The maximum absolute atomic E-state index is 13.2. The van der Waals surface area contributed by atoms with Gasteiger partial charge in [0.05, 0.1) is 24.2 Å². The van der Waals surface area contributed by atoms with Crippen LogP contribution in [0.5, 0.6) is 5.75 Å². The Hall–Kier alpha value is -4.62. The van der Waals surface area contributed by atoms with E-state index >= 15 is 0 Å². The summed E-state index contributed by atoms with van der Waals surface area (Å²) < 4.78 is 14.3. The van der Waals surface area contributed by atoms with Crippen LogP contribution < -0.4 is 21.1 Å². The van der Waals surface area contributed by atoms with Crippen LogP contribution in [0.2, 0.25) is 0 Å². The fraction of sp³-hybridized carbons (Fsp3) is 0.481. The zero-order valence-electron chi connectivity index (χ0n) is 23.3. The SMILES string of the molecule is CCn1nc(C)cc1C(=O)Nc1nc2cc(C(N)=O)cc(OC)c2n1CCCNC(=O)OC1CCC(C(=O)O)CC1. The van der Waals surface area contributed by atoms with Gasteiger partial charge in [-0.3, -0.25) is 24.4 Å². The molecule has 0 saturated heterocycles. The van der Waals surface area contributed by atoms with Crippen molar-refractivity contribution in [3.05, 3.63) is 35.2 Å². The molecule has 1 saturated carbocycles.